The van der Waals surface area contributed by atoms with Crippen LogP contribution in [-0.4, -0.2) is 55.8 Å². The van der Waals surface area contributed by atoms with E-state index in [1.807, 2.05) is 0 Å². The van der Waals surface area contributed by atoms with Crippen LogP contribution >= 0.6 is 0 Å². The smallest absolute Gasteiger partial charge is 0.407 e. The van der Waals surface area contributed by atoms with E-state index in [9.17, 15) is 18.0 Å². The fourth-order valence-electron chi connectivity index (χ4n) is 2.36. The van der Waals surface area contributed by atoms with E-state index in [0.29, 0.717) is 13.1 Å². The predicted molar refractivity (Wildman–Crippen MR) is 81.5 cm³/mol. The van der Waals surface area contributed by atoms with Crippen molar-refractivity contribution in [3.63, 3.8) is 0 Å². The molecule has 0 aliphatic carbocycles. The fraction of sp³-hybridized carbons (Fsp3) is 0.846. The number of nitrogens with zero attached hydrogens (tertiary/aromatic N) is 1. The number of nitrogens with one attached hydrogen (secondary N) is 1. The van der Waals surface area contributed by atoms with Gasteiger partial charge >= 0.3 is 6.09 Å². The van der Waals surface area contributed by atoms with E-state index in [-0.39, 0.29) is 30.0 Å². The van der Waals surface area contributed by atoms with Gasteiger partial charge in [-0.25, -0.2) is 18.4 Å². The molecular formula is C13H25N3O5S. The summed E-state index contributed by atoms with van der Waals surface area (Å²) in [6.07, 6.45) is -0.386. The van der Waals surface area contributed by atoms with Gasteiger partial charge in [-0.1, -0.05) is 0 Å². The zero-order valence-electron chi connectivity index (χ0n) is 13.5. The number of rotatable bonds is 5. The quantitative estimate of drug-likeness (QED) is 0.735. The molecule has 0 saturated carbocycles. The minimum Gasteiger partial charge on any atom is -0.444 e. The Morgan fingerprint density at radius 1 is 1.50 bits per heavy atom. The number of alkyl carbamates (subject to hydrolysis) is 1. The second-order valence-electron chi connectivity index (χ2n) is 6.75. The second-order valence-corrected chi connectivity index (χ2v) is 8.40. The molecule has 1 heterocycles. The molecule has 2 atom stereocenters. The molecule has 0 spiro atoms. The molecule has 1 aliphatic heterocycles. The van der Waals surface area contributed by atoms with Crippen LogP contribution in [0.2, 0.25) is 0 Å². The van der Waals surface area contributed by atoms with Crippen LogP contribution in [0.25, 0.3) is 0 Å². The zero-order valence-corrected chi connectivity index (χ0v) is 14.3. The highest BCUT2D eigenvalue weighted by atomic mass is 32.2. The zero-order chi connectivity index (χ0) is 17.1. The number of ether oxygens (including phenoxy) is 1. The molecule has 9 heteroatoms. The summed E-state index contributed by atoms with van der Waals surface area (Å²) in [5.41, 5.74) is -0.589. The Hall–Kier alpha value is -1.35. The lowest BCUT2D eigenvalue weighted by Gasteiger charge is -2.25. The molecule has 0 bridgehead atoms. The van der Waals surface area contributed by atoms with Gasteiger partial charge in [0.25, 0.3) is 0 Å². The van der Waals surface area contributed by atoms with Crippen LogP contribution in [0.1, 0.15) is 34.1 Å². The monoisotopic (exact) mass is 335 g/mol. The van der Waals surface area contributed by atoms with E-state index in [1.54, 1.807) is 27.7 Å². The number of sulfonamides is 1. The van der Waals surface area contributed by atoms with Crippen LogP contribution < -0.4 is 10.5 Å². The Kier molecular flexibility index (Phi) is 5.80. The lowest BCUT2D eigenvalue weighted by atomic mass is 10.1. The summed E-state index contributed by atoms with van der Waals surface area (Å²) >= 11 is 0. The normalized spacial score (nSPS) is 20.9. The maximum absolute atomic E-state index is 11.9. The fourth-order valence-corrected chi connectivity index (χ4v) is 3.24. The molecule has 0 radical (unpaired) electrons. The topological polar surface area (TPSA) is 119 Å². The number of primary sulfonamides is 1. The third-order valence-corrected chi connectivity index (χ3v) is 3.96. The summed E-state index contributed by atoms with van der Waals surface area (Å²) < 4.78 is 27.3. The van der Waals surface area contributed by atoms with E-state index >= 15 is 0 Å². The minimum atomic E-state index is -3.59. The summed E-state index contributed by atoms with van der Waals surface area (Å²) in [6, 6.07) is -0.299. The number of nitrogens with two attached hydrogens (primary N) is 1. The van der Waals surface area contributed by atoms with Crippen molar-refractivity contribution >= 4 is 22.0 Å². The SMILES string of the molecule is CC(CN1CC(CS(N)(=O)=O)CC1=O)NC(=O)OC(C)(C)C. The van der Waals surface area contributed by atoms with Gasteiger partial charge in [-0.05, 0) is 27.7 Å². The van der Waals surface area contributed by atoms with Crippen molar-refractivity contribution in [2.24, 2.45) is 11.1 Å². The molecule has 1 rings (SSSR count). The second kappa shape index (κ2) is 6.82. The van der Waals surface area contributed by atoms with Gasteiger partial charge in [0.05, 0.1) is 5.75 Å². The van der Waals surface area contributed by atoms with Crippen molar-refractivity contribution in [1.82, 2.24) is 10.2 Å². The maximum Gasteiger partial charge on any atom is 0.407 e. The highest BCUT2D eigenvalue weighted by Crippen LogP contribution is 2.19. The van der Waals surface area contributed by atoms with E-state index in [4.69, 9.17) is 9.88 Å². The first-order chi connectivity index (χ1) is 9.85. The van der Waals surface area contributed by atoms with Crippen LogP contribution in [0.4, 0.5) is 4.79 Å². The average molecular weight is 335 g/mol. The molecule has 3 N–H and O–H groups in total. The summed E-state index contributed by atoms with van der Waals surface area (Å²) in [5.74, 6) is -0.633. The largest absolute Gasteiger partial charge is 0.444 e. The molecule has 0 aromatic heterocycles. The number of hydrogen-bond donors (Lipinski definition) is 2. The van der Waals surface area contributed by atoms with Gasteiger partial charge in [0, 0.05) is 31.5 Å². The predicted octanol–water partition coefficient (Wildman–Crippen LogP) is 0.0366. The van der Waals surface area contributed by atoms with Crippen LogP contribution in [-0.2, 0) is 19.6 Å². The van der Waals surface area contributed by atoms with Crippen LogP contribution in [0.15, 0.2) is 0 Å². The highest BCUT2D eigenvalue weighted by Gasteiger charge is 2.32. The number of carbonyl (C=O) groups excluding carboxylic acids is 2. The first-order valence-electron chi connectivity index (χ1n) is 7.13. The van der Waals surface area contributed by atoms with Crippen molar-refractivity contribution in [3.05, 3.63) is 0 Å². The van der Waals surface area contributed by atoms with Gasteiger partial charge in [0.15, 0.2) is 0 Å². The third-order valence-electron chi connectivity index (χ3n) is 3.02. The van der Waals surface area contributed by atoms with Gasteiger partial charge < -0.3 is 15.0 Å². The van der Waals surface area contributed by atoms with Crippen molar-refractivity contribution in [1.29, 1.82) is 0 Å². The Bertz CT molecular complexity index is 526. The minimum absolute atomic E-state index is 0.133. The molecular weight excluding hydrogens is 310 g/mol. The van der Waals surface area contributed by atoms with Crippen molar-refractivity contribution in [3.8, 4) is 0 Å². The van der Waals surface area contributed by atoms with Gasteiger partial charge in [0.1, 0.15) is 5.60 Å². The summed E-state index contributed by atoms with van der Waals surface area (Å²) in [4.78, 5) is 25.1. The van der Waals surface area contributed by atoms with Gasteiger partial charge in [0.2, 0.25) is 15.9 Å². The van der Waals surface area contributed by atoms with E-state index < -0.39 is 21.7 Å². The summed E-state index contributed by atoms with van der Waals surface area (Å²) in [7, 11) is -3.59. The maximum atomic E-state index is 11.9. The van der Waals surface area contributed by atoms with E-state index in [1.165, 1.54) is 4.90 Å². The summed E-state index contributed by atoms with van der Waals surface area (Å²) in [5, 5.41) is 7.65. The van der Waals surface area contributed by atoms with Crippen molar-refractivity contribution in [2.75, 3.05) is 18.8 Å². The Morgan fingerprint density at radius 3 is 2.59 bits per heavy atom. The Balaban J connectivity index is 2.46. The highest BCUT2D eigenvalue weighted by molar-refractivity contribution is 7.89. The van der Waals surface area contributed by atoms with Gasteiger partial charge in [-0.2, -0.15) is 0 Å². The Morgan fingerprint density at radius 2 is 2.09 bits per heavy atom. The van der Waals surface area contributed by atoms with Gasteiger partial charge in [-0.15, -0.1) is 0 Å². The first-order valence-corrected chi connectivity index (χ1v) is 8.85. The molecule has 22 heavy (non-hydrogen) atoms. The Labute approximate surface area is 131 Å². The number of amides is 2. The summed E-state index contributed by atoms with van der Waals surface area (Å²) in [6.45, 7) is 7.68. The molecule has 1 saturated heterocycles. The van der Waals surface area contributed by atoms with Crippen molar-refractivity contribution < 1.29 is 22.7 Å². The number of carbonyl (C=O) groups is 2. The number of likely N-dealkylation sites (tertiary alicyclic amines) is 1. The molecule has 2 unspecified atom stereocenters. The molecule has 0 aromatic rings. The number of hydrogen-bond acceptors (Lipinski definition) is 5. The van der Waals surface area contributed by atoms with Crippen LogP contribution in [0.3, 0.4) is 0 Å². The molecule has 128 valence electrons. The standard InChI is InChI=1S/C13H25N3O5S/c1-9(15-12(18)21-13(2,3)4)6-16-7-10(5-11(16)17)8-22(14,19)20/h9-10H,5-8H2,1-4H3,(H,15,18)(H2,14,19,20). The molecule has 1 fully saturated rings. The van der Waals surface area contributed by atoms with Crippen LogP contribution in [0, 0.1) is 5.92 Å². The lowest BCUT2D eigenvalue weighted by Crippen LogP contribution is -2.44. The molecule has 1 aliphatic rings. The van der Waals surface area contributed by atoms with E-state index in [0.717, 1.165) is 0 Å². The van der Waals surface area contributed by atoms with Crippen LogP contribution in [0.5, 0.6) is 0 Å². The van der Waals surface area contributed by atoms with Crippen molar-refractivity contribution in [2.45, 2.75) is 45.8 Å². The van der Waals surface area contributed by atoms with E-state index in [2.05, 4.69) is 5.32 Å². The average Bonchev–Trinajstić information content (AvgIpc) is 2.52. The molecule has 8 nitrogen and oxygen atoms in total. The third kappa shape index (κ3) is 7.08. The molecule has 0 aromatic carbocycles. The first kappa shape index (κ1) is 18.7. The molecule has 2 amide bonds. The lowest BCUT2D eigenvalue weighted by molar-refractivity contribution is -0.128. The van der Waals surface area contributed by atoms with Gasteiger partial charge in [-0.3, -0.25) is 4.79 Å².